The fourth-order valence-corrected chi connectivity index (χ4v) is 1.65. The number of nitrogens with one attached hydrogen (secondary N) is 1. The lowest BCUT2D eigenvalue weighted by atomic mass is 10.2. The number of nitrogen functional groups attached to an aromatic ring is 1. The van der Waals surface area contributed by atoms with Gasteiger partial charge in [0, 0.05) is 18.3 Å². The molecule has 0 atom stereocenters. The zero-order valence-corrected chi connectivity index (χ0v) is 10.5. The van der Waals surface area contributed by atoms with Gasteiger partial charge in [0.1, 0.15) is 5.76 Å². The number of hydrogen-bond donors (Lipinski definition) is 2. The summed E-state index contributed by atoms with van der Waals surface area (Å²) in [4.78, 5) is 15.4. The number of nitrogens with zero attached hydrogens (tertiary/aromatic N) is 2. The van der Waals surface area contributed by atoms with Gasteiger partial charge in [-0.3, -0.25) is 4.79 Å². The number of aryl methyl sites for hydroxylation is 2. The quantitative estimate of drug-likeness (QED) is 0.872. The molecule has 0 aliphatic carbocycles. The van der Waals surface area contributed by atoms with E-state index in [1.165, 1.54) is 12.3 Å². The molecule has 0 fully saturated rings. The highest BCUT2D eigenvalue weighted by Gasteiger charge is 2.16. The molecule has 0 radical (unpaired) electrons. The first-order valence-electron chi connectivity index (χ1n) is 5.60. The smallest absolute Gasteiger partial charge is 0.254 e. The molecule has 0 spiro atoms. The maximum Gasteiger partial charge on any atom is 0.254 e. The Bertz CT molecular complexity index is 605. The third-order valence-corrected chi connectivity index (χ3v) is 2.77. The van der Waals surface area contributed by atoms with E-state index in [0.29, 0.717) is 11.5 Å². The van der Waals surface area contributed by atoms with Gasteiger partial charge in [-0.2, -0.15) is 0 Å². The molecule has 100 valence electrons. The van der Waals surface area contributed by atoms with Gasteiger partial charge in [-0.1, -0.05) is 5.16 Å². The molecule has 2 rings (SSSR count). The number of anilines is 1. The summed E-state index contributed by atoms with van der Waals surface area (Å²) in [6.07, 6.45) is 1.28. The summed E-state index contributed by atoms with van der Waals surface area (Å²) in [5, 5.41) is 6.36. The number of carbonyl (C=O) groups excluding carboxylic acids is 1. The van der Waals surface area contributed by atoms with Crippen molar-refractivity contribution < 1.29 is 13.7 Å². The summed E-state index contributed by atoms with van der Waals surface area (Å²) in [5.41, 5.74) is 6.63. The van der Waals surface area contributed by atoms with Crippen LogP contribution < -0.4 is 11.1 Å². The van der Waals surface area contributed by atoms with E-state index in [4.69, 9.17) is 10.3 Å². The van der Waals surface area contributed by atoms with Crippen molar-refractivity contribution in [3.05, 3.63) is 40.7 Å². The highest BCUT2D eigenvalue weighted by molar-refractivity contribution is 5.95. The zero-order valence-electron chi connectivity index (χ0n) is 10.5. The van der Waals surface area contributed by atoms with E-state index < -0.39 is 11.7 Å². The van der Waals surface area contributed by atoms with Crippen LogP contribution in [0.2, 0.25) is 0 Å². The molecule has 0 aromatic carbocycles. The topological polar surface area (TPSA) is 94.0 Å². The van der Waals surface area contributed by atoms with Crippen LogP contribution in [0.4, 0.5) is 10.2 Å². The lowest BCUT2D eigenvalue weighted by molar-refractivity contribution is 0.0946. The number of rotatable bonds is 3. The second-order valence-electron chi connectivity index (χ2n) is 4.04. The van der Waals surface area contributed by atoms with Gasteiger partial charge in [-0.15, -0.1) is 0 Å². The molecule has 3 N–H and O–H groups in total. The normalized spacial score (nSPS) is 10.5. The van der Waals surface area contributed by atoms with Crippen LogP contribution in [0.1, 0.15) is 27.4 Å². The van der Waals surface area contributed by atoms with Gasteiger partial charge in [0.25, 0.3) is 5.91 Å². The molecule has 0 saturated carbocycles. The number of pyridine rings is 1. The Morgan fingerprint density at radius 2 is 2.26 bits per heavy atom. The first kappa shape index (κ1) is 13.0. The molecule has 0 saturated heterocycles. The molecule has 2 aromatic heterocycles. The molecule has 2 heterocycles. The number of amides is 1. The van der Waals surface area contributed by atoms with Gasteiger partial charge in [-0.25, -0.2) is 9.37 Å². The first-order chi connectivity index (χ1) is 9.00. The SMILES string of the molecule is Cc1noc(C)c1CNC(=O)c1ccnc(N)c1F. The van der Waals surface area contributed by atoms with Crippen molar-refractivity contribution in [2.24, 2.45) is 0 Å². The molecule has 2 aromatic rings. The van der Waals surface area contributed by atoms with Gasteiger partial charge >= 0.3 is 0 Å². The third kappa shape index (κ3) is 2.54. The standard InChI is InChI=1S/C12H13FN4O2/c1-6-9(7(2)19-17-6)5-16-12(18)8-3-4-15-11(14)10(8)13/h3-4H,5H2,1-2H3,(H2,14,15)(H,16,18). The summed E-state index contributed by atoms with van der Waals surface area (Å²) in [6, 6.07) is 1.27. The van der Waals surface area contributed by atoms with E-state index in [2.05, 4.69) is 15.5 Å². The van der Waals surface area contributed by atoms with Gasteiger partial charge in [0.2, 0.25) is 0 Å². The lowest BCUT2D eigenvalue weighted by Gasteiger charge is -2.06. The number of hydrogen-bond acceptors (Lipinski definition) is 5. The van der Waals surface area contributed by atoms with Crippen LogP contribution in [0.3, 0.4) is 0 Å². The van der Waals surface area contributed by atoms with Crippen molar-refractivity contribution in [1.29, 1.82) is 0 Å². The lowest BCUT2D eigenvalue weighted by Crippen LogP contribution is -2.24. The van der Waals surface area contributed by atoms with E-state index in [9.17, 15) is 9.18 Å². The Kier molecular flexibility index (Phi) is 3.46. The molecule has 0 unspecified atom stereocenters. The van der Waals surface area contributed by atoms with Gasteiger partial charge in [-0.05, 0) is 19.9 Å². The van der Waals surface area contributed by atoms with Crippen molar-refractivity contribution in [2.75, 3.05) is 5.73 Å². The van der Waals surface area contributed by atoms with Crippen LogP contribution in [0.5, 0.6) is 0 Å². The molecule has 0 aliphatic rings. The average Bonchev–Trinajstić information content (AvgIpc) is 2.70. The van der Waals surface area contributed by atoms with Gasteiger partial charge in [0.15, 0.2) is 11.6 Å². The predicted octanol–water partition coefficient (Wildman–Crippen LogP) is 1.34. The van der Waals surface area contributed by atoms with Gasteiger partial charge < -0.3 is 15.6 Å². The molecule has 0 bridgehead atoms. The number of aromatic nitrogens is 2. The minimum absolute atomic E-state index is 0.140. The minimum Gasteiger partial charge on any atom is -0.381 e. The van der Waals surface area contributed by atoms with E-state index >= 15 is 0 Å². The third-order valence-electron chi connectivity index (χ3n) is 2.77. The average molecular weight is 264 g/mol. The predicted molar refractivity (Wildman–Crippen MR) is 65.8 cm³/mol. The second-order valence-corrected chi connectivity index (χ2v) is 4.04. The Morgan fingerprint density at radius 1 is 1.53 bits per heavy atom. The monoisotopic (exact) mass is 264 g/mol. The van der Waals surface area contributed by atoms with Crippen molar-refractivity contribution in [3.63, 3.8) is 0 Å². The van der Waals surface area contributed by atoms with E-state index in [-0.39, 0.29) is 17.9 Å². The Morgan fingerprint density at radius 3 is 2.89 bits per heavy atom. The highest BCUT2D eigenvalue weighted by Crippen LogP contribution is 2.14. The Hall–Kier alpha value is -2.44. The first-order valence-corrected chi connectivity index (χ1v) is 5.60. The largest absolute Gasteiger partial charge is 0.381 e. The second kappa shape index (κ2) is 5.05. The van der Waals surface area contributed by atoms with Crippen LogP contribution in [0.25, 0.3) is 0 Å². The number of nitrogens with two attached hydrogens (primary N) is 1. The maximum absolute atomic E-state index is 13.6. The Labute approximate surface area is 108 Å². The Balaban J connectivity index is 2.12. The molecule has 6 nitrogen and oxygen atoms in total. The number of halogens is 1. The molecular weight excluding hydrogens is 251 g/mol. The van der Waals surface area contributed by atoms with Crippen molar-refractivity contribution in [1.82, 2.24) is 15.5 Å². The summed E-state index contributed by atoms with van der Waals surface area (Å²) >= 11 is 0. The van der Waals surface area contributed by atoms with Gasteiger partial charge in [0.05, 0.1) is 11.3 Å². The molecule has 1 amide bonds. The van der Waals surface area contributed by atoms with Crippen molar-refractivity contribution in [3.8, 4) is 0 Å². The summed E-state index contributed by atoms with van der Waals surface area (Å²) in [5.74, 6) is -1.07. The van der Waals surface area contributed by atoms with Crippen LogP contribution in [-0.4, -0.2) is 16.0 Å². The van der Waals surface area contributed by atoms with E-state index in [1.54, 1.807) is 13.8 Å². The minimum atomic E-state index is -0.821. The molecular formula is C12H13FN4O2. The van der Waals surface area contributed by atoms with Crippen molar-refractivity contribution in [2.45, 2.75) is 20.4 Å². The van der Waals surface area contributed by atoms with Crippen molar-refractivity contribution >= 4 is 11.7 Å². The van der Waals surface area contributed by atoms with Crippen LogP contribution >= 0.6 is 0 Å². The maximum atomic E-state index is 13.6. The van der Waals surface area contributed by atoms with Crippen LogP contribution in [-0.2, 0) is 6.54 Å². The molecule has 19 heavy (non-hydrogen) atoms. The molecule has 7 heteroatoms. The fourth-order valence-electron chi connectivity index (χ4n) is 1.65. The van der Waals surface area contributed by atoms with E-state index in [0.717, 1.165) is 5.56 Å². The van der Waals surface area contributed by atoms with E-state index in [1.807, 2.05) is 0 Å². The number of carbonyl (C=O) groups is 1. The highest BCUT2D eigenvalue weighted by atomic mass is 19.1. The zero-order chi connectivity index (χ0) is 14.0. The molecule has 0 aliphatic heterocycles. The fraction of sp³-hybridized carbons (Fsp3) is 0.250. The summed E-state index contributed by atoms with van der Waals surface area (Å²) in [6.45, 7) is 3.72. The van der Waals surface area contributed by atoms with Crippen LogP contribution in [0.15, 0.2) is 16.8 Å². The summed E-state index contributed by atoms with van der Waals surface area (Å²) < 4.78 is 18.6. The summed E-state index contributed by atoms with van der Waals surface area (Å²) in [7, 11) is 0. The van der Waals surface area contributed by atoms with Crippen LogP contribution in [0, 0.1) is 19.7 Å².